The number of nitrogens with one attached hydrogen (secondary N) is 1. The van der Waals surface area contributed by atoms with Crippen LogP contribution >= 0.6 is 0 Å². The van der Waals surface area contributed by atoms with Gasteiger partial charge in [-0.2, -0.15) is 0 Å². The van der Waals surface area contributed by atoms with Gasteiger partial charge in [0.05, 0.1) is 12.0 Å². The van der Waals surface area contributed by atoms with Crippen LogP contribution in [0.4, 0.5) is 0 Å². The molecule has 110 valence electrons. The third-order valence-corrected chi connectivity index (χ3v) is 4.17. The zero-order valence-electron chi connectivity index (χ0n) is 11.8. The molecule has 3 N–H and O–H groups in total. The highest BCUT2D eigenvalue weighted by molar-refractivity contribution is 5.83. The van der Waals surface area contributed by atoms with Crippen molar-refractivity contribution in [2.45, 2.75) is 44.2 Å². The molecule has 0 aliphatic heterocycles. The molecule has 1 amide bonds. The Hall–Kier alpha value is -1.39. The van der Waals surface area contributed by atoms with Crippen molar-refractivity contribution < 1.29 is 15.0 Å². The van der Waals surface area contributed by atoms with Crippen LogP contribution in [0.2, 0.25) is 0 Å². The van der Waals surface area contributed by atoms with Crippen LogP contribution in [0.25, 0.3) is 0 Å². The highest BCUT2D eigenvalue weighted by Crippen LogP contribution is 2.27. The normalized spacial score (nSPS) is 27.2. The third kappa shape index (κ3) is 3.38. The van der Waals surface area contributed by atoms with E-state index in [1.807, 2.05) is 37.3 Å². The highest BCUT2D eigenvalue weighted by atomic mass is 16.3. The lowest BCUT2D eigenvalue weighted by atomic mass is 9.95. The second-order valence-corrected chi connectivity index (χ2v) is 5.56. The van der Waals surface area contributed by atoms with Crippen LogP contribution < -0.4 is 5.32 Å². The Bertz CT molecular complexity index is 435. The number of hydrogen-bond acceptors (Lipinski definition) is 3. The number of aliphatic hydroxyl groups is 2. The fourth-order valence-corrected chi connectivity index (χ4v) is 2.98. The summed E-state index contributed by atoms with van der Waals surface area (Å²) in [6.07, 6.45) is 1.41. The van der Waals surface area contributed by atoms with Crippen LogP contribution in [0.3, 0.4) is 0 Å². The van der Waals surface area contributed by atoms with Gasteiger partial charge < -0.3 is 15.5 Å². The summed E-state index contributed by atoms with van der Waals surface area (Å²) in [4.78, 5) is 12.4. The molecule has 0 heterocycles. The predicted octanol–water partition coefficient (Wildman–Crippen LogP) is 1.43. The molecule has 2 rings (SSSR count). The zero-order valence-corrected chi connectivity index (χ0v) is 11.8. The lowest BCUT2D eigenvalue weighted by Crippen LogP contribution is -2.36. The standard InChI is InChI=1S/C16H23NO3/c1-2-14(11-6-4-3-5-7-11)16(20)17-13-8-12(10-18)15(19)9-13/h3-7,12-15,18-19H,2,8-10H2,1H3,(H,17,20)/t12-,13-,14-,15-/m0/s1. The average Bonchev–Trinajstić information content (AvgIpc) is 2.80. The van der Waals surface area contributed by atoms with Crippen LogP contribution in [0, 0.1) is 5.92 Å². The Kier molecular flexibility index (Phi) is 5.15. The van der Waals surface area contributed by atoms with Gasteiger partial charge in [0.25, 0.3) is 0 Å². The van der Waals surface area contributed by atoms with Crippen LogP contribution in [-0.2, 0) is 4.79 Å². The molecule has 0 saturated heterocycles. The molecule has 0 unspecified atom stereocenters. The number of carbonyl (C=O) groups excluding carboxylic acids is 1. The van der Waals surface area contributed by atoms with Crippen molar-refractivity contribution in [2.75, 3.05) is 6.61 Å². The first-order chi connectivity index (χ1) is 9.65. The second-order valence-electron chi connectivity index (χ2n) is 5.56. The Balaban J connectivity index is 1.97. The molecule has 0 spiro atoms. The summed E-state index contributed by atoms with van der Waals surface area (Å²) in [6.45, 7) is 1.97. The van der Waals surface area contributed by atoms with E-state index >= 15 is 0 Å². The first-order valence-electron chi connectivity index (χ1n) is 7.30. The number of benzene rings is 1. The molecule has 4 heteroatoms. The summed E-state index contributed by atoms with van der Waals surface area (Å²) >= 11 is 0. The van der Waals surface area contributed by atoms with Gasteiger partial charge in [0.15, 0.2) is 0 Å². The van der Waals surface area contributed by atoms with E-state index < -0.39 is 6.10 Å². The molecule has 1 aliphatic carbocycles. The molecule has 4 nitrogen and oxygen atoms in total. The number of amides is 1. The maximum Gasteiger partial charge on any atom is 0.227 e. The molecular weight excluding hydrogens is 254 g/mol. The highest BCUT2D eigenvalue weighted by Gasteiger charge is 2.34. The number of aliphatic hydroxyl groups excluding tert-OH is 2. The smallest absolute Gasteiger partial charge is 0.227 e. The lowest BCUT2D eigenvalue weighted by molar-refractivity contribution is -0.123. The molecule has 1 saturated carbocycles. The van der Waals surface area contributed by atoms with E-state index in [2.05, 4.69) is 5.32 Å². The van der Waals surface area contributed by atoms with Gasteiger partial charge in [-0.1, -0.05) is 37.3 Å². The van der Waals surface area contributed by atoms with E-state index in [1.54, 1.807) is 0 Å². The SMILES string of the molecule is CC[C@H](C(=O)N[C@H]1C[C@@H](CO)[C@@H](O)C1)c1ccccc1. The van der Waals surface area contributed by atoms with Crippen LogP contribution in [0.1, 0.15) is 37.7 Å². The Morgan fingerprint density at radius 2 is 2.05 bits per heavy atom. The van der Waals surface area contributed by atoms with Crippen LogP contribution in [0.15, 0.2) is 30.3 Å². The summed E-state index contributed by atoms with van der Waals surface area (Å²) in [5, 5.41) is 21.9. The van der Waals surface area contributed by atoms with E-state index in [9.17, 15) is 9.90 Å². The lowest BCUT2D eigenvalue weighted by Gasteiger charge is -2.19. The molecule has 1 aromatic carbocycles. The van der Waals surface area contributed by atoms with Crippen molar-refractivity contribution in [2.24, 2.45) is 5.92 Å². The van der Waals surface area contributed by atoms with E-state index in [-0.39, 0.29) is 30.4 Å². The predicted molar refractivity (Wildman–Crippen MR) is 77.2 cm³/mol. The minimum Gasteiger partial charge on any atom is -0.396 e. The molecule has 20 heavy (non-hydrogen) atoms. The summed E-state index contributed by atoms with van der Waals surface area (Å²) in [5.41, 5.74) is 1.02. The van der Waals surface area contributed by atoms with E-state index in [0.29, 0.717) is 12.8 Å². The number of rotatable bonds is 5. The summed E-state index contributed by atoms with van der Waals surface area (Å²) < 4.78 is 0. The first kappa shape index (κ1) is 15.0. The second kappa shape index (κ2) is 6.86. The molecule has 0 bridgehead atoms. The maximum atomic E-state index is 12.4. The topological polar surface area (TPSA) is 69.6 Å². The average molecular weight is 277 g/mol. The fraction of sp³-hybridized carbons (Fsp3) is 0.562. The monoisotopic (exact) mass is 277 g/mol. The van der Waals surface area contributed by atoms with Crippen molar-refractivity contribution in [1.29, 1.82) is 0 Å². The molecule has 1 aliphatic rings. The maximum absolute atomic E-state index is 12.4. The van der Waals surface area contributed by atoms with E-state index in [0.717, 1.165) is 12.0 Å². The van der Waals surface area contributed by atoms with Gasteiger partial charge in [0.2, 0.25) is 5.91 Å². The van der Waals surface area contributed by atoms with Crippen molar-refractivity contribution in [1.82, 2.24) is 5.32 Å². The molecular formula is C16H23NO3. The first-order valence-corrected chi connectivity index (χ1v) is 7.30. The Labute approximate surface area is 119 Å². The van der Waals surface area contributed by atoms with Gasteiger partial charge >= 0.3 is 0 Å². The zero-order chi connectivity index (χ0) is 14.5. The Morgan fingerprint density at radius 3 is 2.60 bits per heavy atom. The van der Waals surface area contributed by atoms with Crippen LogP contribution in [0.5, 0.6) is 0 Å². The molecule has 0 aromatic heterocycles. The summed E-state index contributed by atoms with van der Waals surface area (Å²) in [6, 6.07) is 9.71. The Morgan fingerprint density at radius 1 is 1.35 bits per heavy atom. The van der Waals surface area contributed by atoms with Gasteiger partial charge in [-0.3, -0.25) is 4.79 Å². The minimum absolute atomic E-state index is 0.00879. The molecule has 1 aromatic rings. The molecule has 0 radical (unpaired) electrons. The quantitative estimate of drug-likeness (QED) is 0.762. The van der Waals surface area contributed by atoms with Gasteiger partial charge in [0, 0.05) is 18.6 Å². The van der Waals surface area contributed by atoms with Crippen molar-refractivity contribution >= 4 is 5.91 Å². The molecule has 4 atom stereocenters. The van der Waals surface area contributed by atoms with E-state index in [4.69, 9.17) is 5.11 Å². The van der Waals surface area contributed by atoms with Gasteiger partial charge in [-0.05, 0) is 24.8 Å². The largest absolute Gasteiger partial charge is 0.396 e. The number of hydrogen-bond donors (Lipinski definition) is 3. The summed E-state index contributed by atoms with van der Waals surface area (Å²) in [5.74, 6) is -0.256. The van der Waals surface area contributed by atoms with Crippen molar-refractivity contribution in [3.05, 3.63) is 35.9 Å². The summed E-state index contributed by atoms with van der Waals surface area (Å²) in [7, 11) is 0. The van der Waals surface area contributed by atoms with Gasteiger partial charge in [-0.25, -0.2) is 0 Å². The number of carbonyl (C=O) groups is 1. The van der Waals surface area contributed by atoms with Crippen molar-refractivity contribution in [3.8, 4) is 0 Å². The van der Waals surface area contributed by atoms with E-state index in [1.165, 1.54) is 0 Å². The minimum atomic E-state index is -0.512. The molecule has 1 fully saturated rings. The van der Waals surface area contributed by atoms with Crippen molar-refractivity contribution in [3.63, 3.8) is 0 Å². The van der Waals surface area contributed by atoms with Gasteiger partial charge in [-0.15, -0.1) is 0 Å². The van der Waals surface area contributed by atoms with Crippen LogP contribution in [-0.4, -0.2) is 34.9 Å². The van der Waals surface area contributed by atoms with Gasteiger partial charge in [0.1, 0.15) is 0 Å². The fourth-order valence-electron chi connectivity index (χ4n) is 2.98. The third-order valence-electron chi connectivity index (χ3n) is 4.17.